The molecule has 2 unspecified atom stereocenters. The van der Waals surface area contributed by atoms with Crippen LogP contribution in [0.1, 0.15) is 11.7 Å². The quantitative estimate of drug-likeness (QED) is 0.324. The fourth-order valence-corrected chi connectivity index (χ4v) is 7.79. The highest BCUT2D eigenvalue weighted by atomic mass is 32.2. The third-order valence-electron chi connectivity index (χ3n) is 7.24. The van der Waals surface area contributed by atoms with Crippen LogP contribution >= 0.6 is 23.5 Å². The van der Waals surface area contributed by atoms with Crippen molar-refractivity contribution in [2.45, 2.75) is 31.7 Å². The Kier molecular flexibility index (Phi) is 8.48. The summed E-state index contributed by atoms with van der Waals surface area (Å²) in [7, 11) is 1.76. The maximum atomic E-state index is 11.9. The average Bonchev–Trinajstić information content (AvgIpc) is 2.96. The highest BCUT2D eigenvalue weighted by Gasteiger charge is 2.28. The van der Waals surface area contributed by atoms with E-state index in [4.69, 9.17) is 14.2 Å². The van der Waals surface area contributed by atoms with Crippen LogP contribution in [0.15, 0.2) is 79.1 Å². The molecule has 0 saturated carbocycles. The number of anilines is 2. The molecule has 1 aromatic heterocycles. The Morgan fingerprint density at radius 3 is 2.79 bits per heavy atom. The Morgan fingerprint density at radius 1 is 1.05 bits per heavy atom. The molecule has 39 heavy (non-hydrogen) atoms. The SMILES string of the molecule is COCC(CN1CCOCC1)Nc1ccc2c(c1)Sc1cccc(C3CN(c4cc[nH]c(=O)c4)CCO3)c1S2. The van der Waals surface area contributed by atoms with Crippen molar-refractivity contribution < 1.29 is 14.2 Å². The van der Waals surface area contributed by atoms with Gasteiger partial charge in [0.25, 0.3) is 0 Å². The minimum absolute atomic E-state index is 0.0569. The zero-order valence-corrected chi connectivity index (χ0v) is 23.7. The molecular formula is C29H34N4O4S2. The van der Waals surface area contributed by atoms with Crippen LogP contribution in [0.25, 0.3) is 0 Å². The Hall–Kier alpha value is -2.47. The molecule has 2 saturated heterocycles. The van der Waals surface area contributed by atoms with Crippen LogP contribution in [0, 0.1) is 0 Å². The highest BCUT2D eigenvalue weighted by Crippen LogP contribution is 2.51. The topological polar surface area (TPSA) is 79.1 Å². The molecule has 6 rings (SSSR count). The number of nitrogens with zero attached hydrogens (tertiary/aromatic N) is 2. The van der Waals surface area contributed by atoms with Gasteiger partial charge in [-0.2, -0.15) is 0 Å². The summed E-state index contributed by atoms with van der Waals surface area (Å²) in [5.74, 6) is 0. The summed E-state index contributed by atoms with van der Waals surface area (Å²) in [6, 6.07) is 17.0. The van der Waals surface area contributed by atoms with Crippen molar-refractivity contribution in [3.05, 3.63) is 70.6 Å². The minimum atomic E-state index is -0.0836. The van der Waals surface area contributed by atoms with Gasteiger partial charge >= 0.3 is 0 Å². The van der Waals surface area contributed by atoms with Crippen LogP contribution in [0.3, 0.4) is 0 Å². The molecule has 3 aromatic rings. The first-order valence-corrected chi connectivity index (χ1v) is 15.0. The van der Waals surface area contributed by atoms with Crippen LogP contribution in [-0.4, -0.2) is 82.2 Å². The first kappa shape index (κ1) is 26.7. The zero-order valence-electron chi connectivity index (χ0n) is 22.1. The molecule has 0 spiro atoms. The van der Waals surface area contributed by atoms with Crippen LogP contribution < -0.4 is 15.8 Å². The second kappa shape index (κ2) is 12.4. The molecule has 0 amide bonds. The van der Waals surface area contributed by atoms with Gasteiger partial charge in [0.1, 0.15) is 6.10 Å². The van der Waals surface area contributed by atoms with Crippen molar-refractivity contribution in [3.63, 3.8) is 0 Å². The predicted octanol–water partition coefficient (Wildman–Crippen LogP) is 4.33. The lowest BCUT2D eigenvalue weighted by molar-refractivity contribution is 0.0319. The standard InChI is InChI=1S/C29H34N4O4S2/c1-35-19-21(17-32-9-12-36-13-10-32)31-20-5-6-25-27(15-20)38-26-4-2-3-23(29(26)39-25)24-18-33(11-14-37-24)22-7-8-30-28(34)16-22/h2-8,15-16,21,24,31H,9-14,17-19H2,1H3,(H,30,34). The largest absolute Gasteiger partial charge is 0.383 e. The monoisotopic (exact) mass is 566 g/mol. The van der Waals surface area contributed by atoms with E-state index in [1.165, 1.54) is 25.1 Å². The summed E-state index contributed by atoms with van der Waals surface area (Å²) < 4.78 is 17.3. The van der Waals surface area contributed by atoms with Gasteiger partial charge in [0.2, 0.25) is 5.56 Å². The Labute approximate surface area is 237 Å². The van der Waals surface area contributed by atoms with Crippen LogP contribution in [0.5, 0.6) is 0 Å². The van der Waals surface area contributed by atoms with Crippen LogP contribution in [0.4, 0.5) is 11.4 Å². The number of morpholine rings is 2. The third-order valence-corrected chi connectivity index (χ3v) is 9.85. The fraction of sp³-hybridized carbons (Fsp3) is 0.414. The van der Waals surface area contributed by atoms with Crippen molar-refractivity contribution in [2.75, 3.05) is 76.5 Å². The minimum Gasteiger partial charge on any atom is -0.383 e. The summed E-state index contributed by atoms with van der Waals surface area (Å²) in [5.41, 5.74) is 3.17. The number of ether oxygens (including phenoxy) is 3. The molecule has 0 radical (unpaired) electrons. The first-order chi connectivity index (χ1) is 19.2. The number of pyridine rings is 1. The number of aromatic amines is 1. The summed E-state index contributed by atoms with van der Waals surface area (Å²) in [6.45, 7) is 7.20. The van der Waals surface area contributed by atoms with Gasteiger partial charge in [-0.25, -0.2) is 0 Å². The summed E-state index contributed by atoms with van der Waals surface area (Å²) in [6.07, 6.45) is 1.65. The van der Waals surface area contributed by atoms with Gasteiger partial charge in [-0.3, -0.25) is 9.69 Å². The number of methoxy groups -OCH3 is 1. The Bertz CT molecular complexity index is 1350. The van der Waals surface area contributed by atoms with Gasteiger partial charge < -0.3 is 29.4 Å². The van der Waals surface area contributed by atoms with Gasteiger partial charge in [-0.05, 0) is 35.9 Å². The van der Waals surface area contributed by atoms with E-state index < -0.39 is 0 Å². The van der Waals surface area contributed by atoms with Crippen molar-refractivity contribution in [1.29, 1.82) is 0 Å². The molecule has 2 N–H and O–H groups in total. The van der Waals surface area contributed by atoms with Gasteiger partial charge in [-0.1, -0.05) is 35.7 Å². The van der Waals surface area contributed by atoms with E-state index in [0.717, 1.165) is 50.8 Å². The van der Waals surface area contributed by atoms with Crippen molar-refractivity contribution in [3.8, 4) is 0 Å². The lowest BCUT2D eigenvalue weighted by atomic mass is 10.1. The predicted molar refractivity (Wildman–Crippen MR) is 156 cm³/mol. The molecule has 10 heteroatoms. The lowest BCUT2D eigenvalue weighted by Gasteiger charge is -2.36. The van der Waals surface area contributed by atoms with Crippen molar-refractivity contribution in [1.82, 2.24) is 9.88 Å². The highest BCUT2D eigenvalue weighted by molar-refractivity contribution is 8.05. The van der Waals surface area contributed by atoms with E-state index in [-0.39, 0.29) is 17.7 Å². The lowest BCUT2D eigenvalue weighted by Crippen LogP contribution is -2.44. The van der Waals surface area contributed by atoms with Gasteiger partial charge in [0, 0.05) is 83.1 Å². The molecule has 0 aliphatic carbocycles. The van der Waals surface area contributed by atoms with Gasteiger partial charge in [0.15, 0.2) is 0 Å². The molecule has 206 valence electrons. The van der Waals surface area contributed by atoms with E-state index in [0.29, 0.717) is 19.8 Å². The number of fused-ring (bicyclic) bond motifs is 2. The molecule has 4 heterocycles. The first-order valence-electron chi connectivity index (χ1n) is 13.4. The number of rotatable bonds is 8. The van der Waals surface area contributed by atoms with Gasteiger partial charge in [0.05, 0.1) is 32.5 Å². The number of hydrogen-bond acceptors (Lipinski definition) is 9. The third kappa shape index (κ3) is 6.32. The molecule has 8 nitrogen and oxygen atoms in total. The Morgan fingerprint density at radius 2 is 1.95 bits per heavy atom. The number of nitrogens with one attached hydrogen (secondary N) is 2. The molecule has 3 aliphatic heterocycles. The van der Waals surface area contributed by atoms with E-state index in [1.807, 2.05) is 29.6 Å². The second-order valence-electron chi connectivity index (χ2n) is 9.97. The van der Waals surface area contributed by atoms with E-state index in [9.17, 15) is 4.79 Å². The maximum absolute atomic E-state index is 11.9. The summed E-state index contributed by atoms with van der Waals surface area (Å²) in [4.78, 5) is 24.3. The molecule has 2 aromatic carbocycles. The smallest absolute Gasteiger partial charge is 0.249 e. The van der Waals surface area contributed by atoms with Crippen LogP contribution in [0.2, 0.25) is 0 Å². The van der Waals surface area contributed by atoms with Crippen LogP contribution in [-0.2, 0) is 14.2 Å². The normalized spacial score (nSPS) is 20.2. The van der Waals surface area contributed by atoms with E-state index in [1.54, 1.807) is 19.4 Å². The average molecular weight is 567 g/mol. The number of aromatic nitrogens is 1. The summed E-state index contributed by atoms with van der Waals surface area (Å²) in [5, 5.41) is 3.71. The Balaban J connectivity index is 1.17. The second-order valence-corrected chi connectivity index (χ2v) is 12.1. The molecule has 2 fully saturated rings. The molecular weight excluding hydrogens is 532 g/mol. The molecule has 2 atom stereocenters. The zero-order chi connectivity index (χ0) is 26.6. The number of H-pyrrole nitrogens is 1. The molecule has 3 aliphatic rings. The maximum Gasteiger partial charge on any atom is 0.249 e. The summed E-state index contributed by atoms with van der Waals surface area (Å²) >= 11 is 3.64. The van der Waals surface area contributed by atoms with Gasteiger partial charge in [-0.15, -0.1) is 0 Å². The number of hydrogen-bond donors (Lipinski definition) is 2. The van der Waals surface area contributed by atoms with E-state index >= 15 is 0 Å². The van der Waals surface area contributed by atoms with Crippen molar-refractivity contribution >= 4 is 34.9 Å². The fourth-order valence-electron chi connectivity index (χ4n) is 5.34. The molecule has 0 bridgehead atoms. The number of benzene rings is 2. The van der Waals surface area contributed by atoms with Crippen molar-refractivity contribution in [2.24, 2.45) is 0 Å². The van der Waals surface area contributed by atoms with E-state index in [2.05, 4.69) is 56.5 Å².